The summed E-state index contributed by atoms with van der Waals surface area (Å²) in [7, 11) is 1.61. The fourth-order valence-corrected chi connectivity index (χ4v) is 2.78. The van der Waals surface area contributed by atoms with E-state index in [2.05, 4.69) is 5.32 Å². The van der Waals surface area contributed by atoms with E-state index in [0.29, 0.717) is 36.2 Å². The monoisotopic (exact) mass is 392 g/mol. The SMILES string of the molecule is COc1cc(CNCc2ccco2)cc(Cl)c1OCc1ccccc1.[Cl-]. The summed E-state index contributed by atoms with van der Waals surface area (Å²) in [5, 5.41) is 3.84. The van der Waals surface area contributed by atoms with Gasteiger partial charge in [0.15, 0.2) is 11.5 Å². The molecule has 0 saturated heterocycles. The van der Waals surface area contributed by atoms with Gasteiger partial charge >= 0.3 is 0 Å². The molecule has 0 amide bonds. The number of ether oxygens (including phenoxy) is 2. The first-order valence-electron chi connectivity index (χ1n) is 8.02. The van der Waals surface area contributed by atoms with Gasteiger partial charge in [0, 0.05) is 6.54 Å². The highest BCUT2D eigenvalue weighted by Crippen LogP contribution is 2.37. The van der Waals surface area contributed by atoms with E-state index in [1.807, 2.05) is 54.6 Å². The summed E-state index contributed by atoms with van der Waals surface area (Å²) >= 11 is 6.41. The Labute approximate surface area is 164 Å². The maximum Gasteiger partial charge on any atom is 0.180 e. The van der Waals surface area contributed by atoms with Gasteiger partial charge in [-0.05, 0) is 35.4 Å². The molecule has 0 unspecified atom stereocenters. The number of rotatable bonds is 8. The maximum absolute atomic E-state index is 6.41. The average molecular weight is 393 g/mol. The van der Waals surface area contributed by atoms with Crippen LogP contribution in [0.25, 0.3) is 0 Å². The Morgan fingerprint density at radius 1 is 1.00 bits per heavy atom. The quantitative estimate of drug-likeness (QED) is 0.634. The van der Waals surface area contributed by atoms with Gasteiger partial charge < -0.3 is 31.6 Å². The zero-order chi connectivity index (χ0) is 17.5. The van der Waals surface area contributed by atoms with Crippen molar-refractivity contribution in [2.45, 2.75) is 19.7 Å². The van der Waals surface area contributed by atoms with Gasteiger partial charge in [-0.25, -0.2) is 0 Å². The van der Waals surface area contributed by atoms with Crippen molar-refractivity contribution in [3.63, 3.8) is 0 Å². The van der Waals surface area contributed by atoms with Gasteiger partial charge in [-0.2, -0.15) is 0 Å². The molecule has 0 spiro atoms. The molecule has 0 bridgehead atoms. The summed E-state index contributed by atoms with van der Waals surface area (Å²) in [5.74, 6) is 2.07. The van der Waals surface area contributed by atoms with E-state index in [9.17, 15) is 0 Å². The summed E-state index contributed by atoms with van der Waals surface area (Å²) in [5.41, 5.74) is 2.09. The number of methoxy groups -OCH3 is 1. The van der Waals surface area contributed by atoms with Crippen LogP contribution < -0.4 is 27.2 Å². The van der Waals surface area contributed by atoms with Crippen LogP contribution >= 0.6 is 11.6 Å². The third kappa shape index (κ3) is 5.43. The predicted molar refractivity (Wildman–Crippen MR) is 98.0 cm³/mol. The molecule has 3 aromatic rings. The largest absolute Gasteiger partial charge is 1.00 e. The number of furan rings is 1. The second-order valence-corrected chi connectivity index (χ2v) is 5.97. The Kier molecular flexibility index (Phi) is 7.85. The molecule has 0 saturated carbocycles. The van der Waals surface area contributed by atoms with Gasteiger partial charge in [0.25, 0.3) is 0 Å². The second kappa shape index (κ2) is 10.1. The molecular formula is C20H20Cl2NO3-. The highest BCUT2D eigenvalue weighted by molar-refractivity contribution is 6.32. The Bertz CT molecular complexity index is 792. The van der Waals surface area contributed by atoms with Crippen molar-refractivity contribution in [3.05, 3.63) is 82.8 Å². The van der Waals surface area contributed by atoms with Gasteiger partial charge in [0.2, 0.25) is 0 Å². The van der Waals surface area contributed by atoms with Gasteiger partial charge in [-0.1, -0.05) is 41.9 Å². The summed E-state index contributed by atoms with van der Waals surface area (Å²) in [6.07, 6.45) is 1.66. The van der Waals surface area contributed by atoms with Crippen molar-refractivity contribution < 1.29 is 26.3 Å². The smallest absolute Gasteiger partial charge is 0.180 e. The molecule has 26 heavy (non-hydrogen) atoms. The lowest BCUT2D eigenvalue weighted by molar-refractivity contribution is -0.00000604. The molecule has 0 fully saturated rings. The molecule has 1 heterocycles. The van der Waals surface area contributed by atoms with Crippen LogP contribution in [0.3, 0.4) is 0 Å². The summed E-state index contributed by atoms with van der Waals surface area (Å²) in [4.78, 5) is 0. The highest BCUT2D eigenvalue weighted by atomic mass is 35.5. The van der Waals surface area contributed by atoms with Crippen LogP contribution in [-0.4, -0.2) is 7.11 Å². The fourth-order valence-electron chi connectivity index (χ4n) is 2.49. The Balaban J connectivity index is 0.00000243. The predicted octanol–water partition coefficient (Wildman–Crippen LogP) is 1.81. The third-order valence-electron chi connectivity index (χ3n) is 3.72. The molecule has 1 aromatic heterocycles. The number of halogens is 2. The first-order chi connectivity index (χ1) is 12.3. The Morgan fingerprint density at radius 2 is 1.81 bits per heavy atom. The van der Waals surface area contributed by atoms with E-state index in [-0.39, 0.29) is 12.4 Å². The van der Waals surface area contributed by atoms with E-state index in [1.54, 1.807) is 13.4 Å². The van der Waals surface area contributed by atoms with Gasteiger partial charge in [-0.15, -0.1) is 0 Å². The topological polar surface area (TPSA) is 43.6 Å². The Morgan fingerprint density at radius 3 is 2.50 bits per heavy atom. The molecule has 4 nitrogen and oxygen atoms in total. The molecule has 3 rings (SSSR count). The normalized spacial score (nSPS) is 10.2. The zero-order valence-corrected chi connectivity index (χ0v) is 15.9. The molecule has 0 aliphatic rings. The molecule has 0 atom stereocenters. The first-order valence-corrected chi connectivity index (χ1v) is 8.40. The maximum atomic E-state index is 6.41. The molecule has 138 valence electrons. The summed E-state index contributed by atoms with van der Waals surface area (Å²) < 4.78 is 16.6. The van der Waals surface area contributed by atoms with Crippen LogP contribution in [0, 0.1) is 0 Å². The molecule has 0 aliphatic carbocycles. The van der Waals surface area contributed by atoms with Crippen LogP contribution in [-0.2, 0) is 19.7 Å². The minimum Gasteiger partial charge on any atom is -1.00 e. The second-order valence-electron chi connectivity index (χ2n) is 5.57. The minimum absolute atomic E-state index is 0. The van der Waals surface area contributed by atoms with Crippen molar-refractivity contribution in [1.29, 1.82) is 0 Å². The lowest BCUT2D eigenvalue weighted by Crippen LogP contribution is -3.00. The van der Waals surface area contributed by atoms with Gasteiger partial charge in [0.1, 0.15) is 12.4 Å². The zero-order valence-electron chi connectivity index (χ0n) is 14.4. The van der Waals surface area contributed by atoms with Crippen LogP contribution in [0.2, 0.25) is 5.02 Å². The van der Waals surface area contributed by atoms with Crippen molar-refractivity contribution in [3.8, 4) is 11.5 Å². The van der Waals surface area contributed by atoms with Crippen LogP contribution in [0.5, 0.6) is 11.5 Å². The van der Waals surface area contributed by atoms with Crippen LogP contribution in [0.4, 0.5) is 0 Å². The number of hydrogen-bond acceptors (Lipinski definition) is 4. The van der Waals surface area contributed by atoms with Gasteiger partial charge in [0.05, 0.1) is 24.9 Å². The number of nitrogens with one attached hydrogen (secondary N) is 1. The molecule has 1 N–H and O–H groups in total. The van der Waals surface area contributed by atoms with E-state index < -0.39 is 0 Å². The standard InChI is InChI=1S/C20H20ClNO3.ClH/c1-23-19-11-16(12-22-13-17-8-5-9-24-17)10-18(21)20(19)25-14-15-6-3-2-4-7-15;/h2-11,22H,12-14H2,1H3;1H/p-1. The summed E-state index contributed by atoms with van der Waals surface area (Å²) in [6, 6.07) is 17.6. The van der Waals surface area contributed by atoms with Crippen molar-refractivity contribution in [2.24, 2.45) is 0 Å². The fraction of sp³-hybridized carbons (Fsp3) is 0.200. The van der Waals surface area contributed by atoms with Crippen molar-refractivity contribution >= 4 is 11.6 Å². The number of benzene rings is 2. The van der Waals surface area contributed by atoms with Crippen LogP contribution in [0.15, 0.2) is 65.3 Å². The van der Waals surface area contributed by atoms with E-state index in [1.165, 1.54) is 0 Å². The number of hydrogen-bond donors (Lipinski definition) is 1. The minimum atomic E-state index is 0. The highest BCUT2D eigenvalue weighted by Gasteiger charge is 2.12. The first kappa shape index (κ1) is 20.2. The molecule has 0 radical (unpaired) electrons. The van der Waals surface area contributed by atoms with E-state index in [4.69, 9.17) is 25.5 Å². The van der Waals surface area contributed by atoms with E-state index >= 15 is 0 Å². The molecule has 0 aliphatic heterocycles. The molecular weight excluding hydrogens is 373 g/mol. The van der Waals surface area contributed by atoms with Crippen molar-refractivity contribution in [2.75, 3.05) is 7.11 Å². The molecule has 6 heteroatoms. The van der Waals surface area contributed by atoms with E-state index in [0.717, 1.165) is 16.9 Å². The Hall–Kier alpha value is -2.14. The van der Waals surface area contributed by atoms with Gasteiger partial charge in [-0.3, -0.25) is 0 Å². The lowest BCUT2D eigenvalue weighted by atomic mass is 10.2. The third-order valence-corrected chi connectivity index (χ3v) is 4.00. The molecule has 2 aromatic carbocycles. The average Bonchev–Trinajstić information content (AvgIpc) is 3.15. The summed E-state index contributed by atoms with van der Waals surface area (Å²) in [6.45, 7) is 1.74. The van der Waals surface area contributed by atoms with Crippen LogP contribution in [0.1, 0.15) is 16.9 Å². The lowest BCUT2D eigenvalue weighted by Gasteiger charge is -2.14. The van der Waals surface area contributed by atoms with Crippen molar-refractivity contribution in [1.82, 2.24) is 5.32 Å².